The number of hydrogen-bond acceptors (Lipinski definition) is 4. The molecule has 0 saturated carbocycles. The van der Waals surface area contributed by atoms with Crippen LogP contribution < -0.4 is 4.74 Å². The van der Waals surface area contributed by atoms with Crippen molar-refractivity contribution in [1.82, 2.24) is 14.5 Å². The van der Waals surface area contributed by atoms with Gasteiger partial charge in [-0.2, -0.15) is 5.26 Å². The molecule has 0 aliphatic rings. The fraction of sp³-hybridized carbons (Fsp3) is 0.235. The second kappa shape index (κ2) is 5.49. The summed E-state index contributed by atoms with van der Waals surface area (Å²) in [5.41, 5.74) is 3.53. The van der Waals surface area contributed by atoms with Gasteiger partial charge in [0.25, 0.3) is 0 Å². The number of ether oxygens (including phenoxy) is 1. The Morgan fingerprint density at radius 1 is 1.27 bits per heavy atom. The molecule has 22 heavy (non-hydrogen) atoms. The van der Waals surface area contributed by atoms with Crippen LogP contribution in [0.15, 0.2) is 30.5 Å². The van der Waals surface area contributed by atoms with Crippen molar-refractivity contribution < 1.29 is 4.74 Å². The third kappa shape index (κ3) is 2.29. The van der Waals surface area contributed by atoms with E-state index in [1.54, 1.807) is 0 Å². The molecule has 3 rings (SSSR count). The fourth-order valence-electron chi connectivity index (χ4n) is 2.52. The Balaban J connectivity index is 2.21. The zero-order valence-corrected chi connectivity index (χ0v) is 12.8. The first kappa shape index (κ1) is 14.1. The summed E-state index contributed by atoms with van der Waals surface area (Å²) in [6, 6.07) is 9.94. The van der Waals surface area contributed by atoms with Crippen molar-refractivity contribution in [2.75, 3.05) is 6.61 Å². The highest BCUT2D eigenvalue weighted by atomic mass is 16.5. The van der Waals surface area contributed by atoms with Crippen LogP contribution >= 0.6 is 0 Å². The van der Waals surface area contributed by atoms with Crippen molar-refractivity contribution in [3.63, 3.8) is 0 Å². The number of hydrogen-bond donors (Lipinski definition) is 0. The smallest absolute Gasteiger partial charge is 0.234 e. The van der Waals surface area contributed by atoms with E-state index in [-0.39, 0.29) is 5.82 Å². The van der Waals surface area contributed by atoms with Crippen LogP contribution in [0, 0.1) is 18.3 Å². The number of nitrogens with zero attached hydrogens (tertiary/aromatic N) is 4. The maximum atomic E-state index is 9.16. The lowest BCUT2D eigenvalue weighted by atomic mass is 10.1. The lowest BCUT2D eigenvalue weighted by Crippen LogP contribution is -1.98. The molecule has 0 saturated heterocycles. The minimum atomic E-state index is 0.177. The van der Waals surface area contributed by atoms with Crippen molar-refractivity contribution in [3.8, 4) is 23.1 Å². The topological polar surface area (TPSA) is 63.7 Å². The Morgan fingerprint density at radius 2 is 2.09 bits per heavy atom. The van der Waals surface area contributed by atoms with Crippen molar-refractivity contribution in [2.45, 2.75) is 13.8 Å². The highest BCUT2D eigenvalue weighted by molar-refractivity contribution is 5.91. The van der Waals surface area contributed by atoms with E-state index in [4.69, 9.17) is 10.00 Å². The van der Waals surface area contributed by atoms with E-state index in [1.807, 2.05) is 62.0 Å². The maximum absolute atomic E-state index is 9.16. The van der Waals surface area contributed by atoms with Crippen LogP contribution in [-0.4, -0.2) is 21.1 Å². The molecule has 2 heterocycles. The van der Waals surface area contributed by atoms with Crippen LogP contribution in [-0.2, 0) is 7.05 Å². The Hall–Kier alpha value is -2.87. The standard InChI is InChI=1S/C17H16N4O/c1-4-22-14-6-5-12(9-11(14)2)16-13-7-8-21(3)17(13)20-15(10-18)19-16/h5-9H,4H2,1-3H3. The third-order valence-corrected chi connectivity index (χ3v) is 3.57. The molecular formula is C17H16N4O. The molecule has 0 spiro atoms. The van der Waals surface area contributed by atoms with E-state index in [2.05, 4.69) is 9.97 Å². The van der Waals surface area contributed by atoms with Gasteiger partial charge in [-0.25, -0.2) is 9.97 Å². The van der Waals surface area contributed by atoms with Gasteiger partial charge in [0.1, 0.15) is 17.5 Å². The molecule has 0 atom stereocenters. The average Bonchev–Trinajstić information content (AvgIpc) is 2.90. The minimum absolute atomic E-state index is 0.177. The van der Waals surface area contributed by atoms with E-state index >= 15 is 0 Å². The van der Waals surface area contributed by atoms with Crippen LogP contribution in [0.2, 0.25) is 0 Å². The highest BCUT2D eigenvalue weighted by Gasteiger charge is 2.13. The molecule has 1 aromatic carbocycles. The summed E-state index contributed by atoms with van der Waals surface area (Å²) in [5, 5.41) is 10.1. The predicted molar refractivity (Wildman–Crippen MR) is 84.6 cm³/mol. The van der Waals surface area contributed by atoms with E-state index in [9.17, 15) is 0 Å². The summed E-state index contributed by atoms with van der Waals surface area (Å²) in [4.78, 5) is 8.67. The molecule has 0 aliphatic heterocycles. The van der Waals surface area contributed by atoms with Crippen molar-refractivity contribution in [1.29, 1.82) is 5.26 Å². The van der Waals surface area contributed by atoms with Crippen LogP contribution in [0.1, 0.15) is 18.3 Å². The SMILES string of the molecule is CCOc1ccc(-c2nc(C#N)nc3c2ccn3C)cc1C. The van der Waals surface area contributed by atoms with Crippen LogP contribution in [0.3, 0.4) is 0 Å². The van der Waals surface area contributed by atoms with Crippen LogP contribution in [0.25, 0.3) is 22.3 Å². The zero-order chi connectivity index (χ0) is 15.7. The lowest BCUT2D eigenvalue weighted by molar-refractivity contribution is 0.338. The monoisotopic (exact) mass is 292 g/mol. The van der Waals surface area contributed by atoms with Gasteiger partial charge in [-0.15, -0.1) is 0 Å². The van der Waals surface area contributed by atoms with Crippen molar-refractivity contribution in [2.24, 2.45) is 7.05 Å². The van der Waals surface area contributed by atoms with Crippen LogP contribution in [0.4, 0.5) is 0 Å². The van der Waals surface area contributed by atoms with Gasteiger partial charge in [-0.1, -0.05) is 0 Å². The Kier molecular flexibility index (Phi) is 3.51. The maximum Gasteiger partial charge on any atom is 0.234 e. The molecular weight excluding hydrogens is 276 g/mol. The molecule has 0 aliphatic carbocycles. The van der Waals surface area contributed by atoms with Crippen molar-refractivity contribution >= 4 is 11.0 Å². The number of benzene rings is 1. The number of aromatic nitrogens is 3. The van der Waals surface area contributed by atoms with E-state index in [1.165, 1.54) is 0 Å². The molecule has 110 valence electrons. The second-order valence-electron chi connectivity index (χ2n) is 5.08. The highest BCUT2D eigenvalue weighted by Crippen LogP contribution is 2.30. The Morgan fingerprint density at radius 3 is 2.77 bits per heavy atom. The van der Waals surface area contributed by atoms with Crippen LogP contribution in [0.5, 0.6) is 5.75 Å². The number of aryl methyl sites for hydroxylation is 2. The summed E-state index contributed by atoms with van der Waals surface area (Å²) in [6.45, 7) is 4.60. The third-order valence-electron chi connectivity index (χ3n) is 3.57. The molecule has 0 fully saturated rings. The first-order valence-corrected chi connectivity index (χ1v) is 7.11. The van der Waals surface area contributed by atoms with E-state index in [0.717, 1.165) is 33.6 Å². The molecule has 5 nitrogen and oxygen atoms in total. The first-order chi connectivity index (χ1) is 10.6. The summed E-state index contributed by atoms with van der Waals surface area (Å²) in [7, 11) is 1.91. The number of fused-ring (bicyclic) bond motifs is 1. The molecule has 2 aromatic heterocycles. The Bertz CT molecular complexity index is 890. The summed E-state index contributed by atoms with van der Waals surface area (Å²) in [6.07, 6.45) is 1.92. The largest absolute Gasteiger partial charge is 0.494 e. The molecule has 3 aromatic rings. The molecule has 0 N–H and O–H groups in total. The fourth-order valence-corrected chi connectivity index (χ4v) is 2.52. The van der Waals surface area contributed by atoms with Gasteiger partial charge in [0.2, 0.25) is 5.82 Å². The quantitative estimate of drug-likeness (QED) is 0.743. The van der Waals surface area contributed by atoms with Gasteiger partial charge in [-0.3, -0.25) is 0 Å². The summed E-state index contributed by atoms with van der Waals surface area (Å²) >= 11 is 0. The lowest BCUT2D eigenvalue weighted by Gasteiger charge is -2.10. The predicted octanol–water partition coefficient (Wildman–Crippen LogP) is 3.21. The minimum Gasteiger partial charge on any atom is -0.494 e. The van der Waals surface area contributed by atoms with E-state index in [0.29, 0.717) is 6.61 Å². The molecule has 0 amide bonds. The second-order valence-corrected chi connectivity index (χ2v) is 5.08. The average molecular weight is 292 g/mol. The zero-order valence-electron chi connectivity index (χ0n) is 12.8. The first-order valence-electron chi connectivity index (χ1n) is 7.11. The van der Waals surface area contributed by atoms with Gasteiger partial charge in [0.15, 0.2) is 0 Å². The number of rotatable bonds is 3. The van der Waals surface area contributed by atoms with Gasteiger partial charge in [-0.05, 0) is 43.7 Å². The van der Waals surface area contributed by atoms with E-state index < -0.39 is 0 Å². The normalized spacial score (nSPS) is 10.6. The number of nitriles is 1. The van der Waals surface area contributed by atoms with Crippen molar-refractivity contribution in [3.05, 3.63) is 41.9 Å². The molecule has 5 heteroatoms. The van der Waals surface area contributed by atoms with Gasteiger partial charge < -0.3 is 9.30 Å². The summed E-state index contributed by atoms with van der Waals surface area (Å²) < 4.78 is 7.47. The summed E-state index contributed by atoms with van der Waals surface area (Å²) in [5.74, 6) is 1.04. The molecule has 0 unspecified atom stereocenters. The van der Waals surface area contributed by atoms with Gasteiger partial charge >= 0.3 is 0 Å². The van der Waals surface area contributed by atoms with Gasteiger partial charge in [0, 0.05) is 24.2 Å². The van der Waals surface area contributed by atoms with Gasteiger partial charge in [0.05, 0.1) is 12.3 Å². The Labute approximate surface area is 128 Å². The molecule has 0 radical (unpaired) electrons. The molecule has 0 bridgehead atoms.